The van der Waals surface area contributed by atoms with Crippen LogP contribution in [-0.4, -0.2) is 18.2 Å². The third kappa shape index (κ3) is 4.23. The zero-order valence-corrected chi connectivity index (χ0v) is 13.3. The molecule has 0 N–H and O–H groups in total. The summed E-state index contributed by atoms with van der Waals surface area (Å²) in [5.41, 5.74) is 1.18. The number of benzene rings is 1. The van der Waals surface area contributed by atoms with Crippen molar-refractivity contribution in [3.05, 3.63) is 29.8 Å². The molecular formula is C18H26O3. The van der Waals surface area contributed by atoms with Crippen molar-refractivity contribution in [3.8, 4) is 5.75 Å². The summed E-state index contributed by atoms with van der Waals surface area (Å²) in [6.07, 6.45) is 5.47. The Kier molecular flexibility index (Phi) is 5.66. The minimum Gasteiger partial charge on any atom is -0.490 e. The second kappa shape index (κ2) is 7.48. The van der Waals surface area contributed by atoms with Gasteiger partial charge in [0.15, 0.2) is 0 Å². The summed E-state index contributed by atoms with van der Waals surface area (Å²) in [6, 6.07) is 8.19. The Morgan fingerprint density at radius 2 is 2.00 bits per heavy atom. The van der Waals surface area contributed by atoms with Crippen molar-refractivity contribution in [2.24, 2.45) is 0 Å². The Bertz CT molecular complexity index is 469. The molecule has 21 heavy (non-hydrogen) atoms. The number of esters is 1. The fourth-order valence-corrected chi connectivity index (χ4v) is 3.00. The maximum Gasteiger partial charge on any atom is 0.302 e. The van der Waals surface area contributed by atoms with Crippen molar-refractivity contribution < 1.29 is 14.3 Å². The SMILES string of the molecule is CCC(C)Oc1ccccc1[C@@H]1CCCC[C@H]1OC(C)=O. The molecule has 0 bridgehead atoms. The zero-order valence-electron chi connectivity index (χ0n) is 13.3. The van der Waals surface area contributed by atoms with Crippen LogP contribution >= 0.6 is 0 Å². The van der Waals surface area contributed by atoms with E-state index in [0.29, 0.717) is 0 Å². The van der Waals surface area contributed by atoms with Gasteiger partial charge >= 0.3 is 5.97 Å². The molecule has 0 aromatic heterocycles. The van der Waals surface area contributed by atoms with Gasteiger partial charge in [-0.2, -0.15) is 0 Å². The predicted molar refractivity (Wildman–Crippen MR) is 83.6 cm³/mol. The van der Waals surface area contributed by atoms with Crippen LogP contribution in [-0.2, 0) is 9.53 Å². The molecule has 0 heterocycles. The van der Waals surface area contributed by atoms with E-state index in [0.717, 1.165) is 31.4 Å². The molecule has 1 aliphatic rings. The summed E-state index contributed by atoms with van der Waals surface area (Å²) < 4.78 is 11.6. The van der Waals surface area contributed by atoms with Gasteiger partial charge in [0.2, 0.25) is 0 Å². The van der Waals surface area contributed by atoms with Crippen LogP contribution in [0.4, 0.5) is 0 Å². The van der Waals surface area contributed by atoms with Gasteiger partial charge in [-0.1, -0.05) is 31.5 Å². The Hall–Kier alpha value is -1.51. The monoisotopic (exact) mass is 290 g/mol. The van der Waals surface area contributed by atoms with Crippen molar-refractivity contribution in [2.75, 3.05) is 0 Å². The zero-order chi connectivity index (χ0) is 15.2. The quantitative estimate of drug-likeness (QED) is 0.751. The van der Waals surface area contributed by atoms with Crippen molar-refractivity contribution >= 4 is 5.97 Å². The molecule has 1 aromatic carbocycles. The highest BCUT2D eigenvalue weighted by Crippen LogP contribution is 2.39. The second-order valence-electron chi connectivity index (χ2n) is 5.91. The summed E-state index contributed by atoms with van der Waals surface area (Å²) >= 11 is 0. The molecule has 1 unspecified atom stereocenters. The molecule has 0 radical (unpaired) electrons. The number of para-hydroxylation sites is 1. The lowest BCUT2D eigenvalue weighted by atomic mass is 9.81. The van der Waals surface area contributed by atoms with Crippen molar-refractivity contribution in [1.29, 1.82) is 0 Å². The van der Waals surface area contributed by atoms with Crippen molar-refractivity contribution in [2.45, 2.75) is 71.0 Å². The molecule has 0 amide bonds. The fraction of sp³-hybridized carbons (Fsp3) is 0.611. The lowest BCUT2D eigenvalue weighted by Gasteiger charge is -2.32. The topological polar surface area (TPSA) is 35.5 Å². The number of hydrogen-bond donors (Lipinski definition) is 0. The van der Waals surface area contributed by atoms with Crippen LogP contribution < -0.4 is 4.74 Å². The molecule has 0 spiro atoms. The fourth-order valence-electron chi connectivity index (χ4n) is 3.00. The van der Waals surface area contributed by atoms with E-state index in [2.05, 4.69) is 19.9 Å². The lowest BCUT2D eigenvalue weighted by Crippen LogP contribution is -2.28. The number of rotatable bonds is 5. The number of ether oxygens (including phenoxy) is 2. The second-order valence-corrected chi connectivity index (χ2v) is 5.91. The highest BCUT2D eigenvalue weighted by atomic mass is 16.5. The maximum atomic E-state index is 11.3. The minimum absolute atomic E-state index is 0.0158. The Labute approximate surface area is 127 Å². The molecule has 116 valence electrons. The molecule has 3 atom stereocenters. The normalized spacial score (nSPS) is 23.4. The standard InChI is InChI=1S/C18H26O3/c1-4-13(2)20-17-11-7-5-9-15(17)16-10-6-8-12-18(16)21-14(3)19/h5,7,9,11,13,16,18H,4,6,8,10,12H2,1-3H3/t13?,16-,18+/m0/s1. The first-order valence-corrected chi connectivity index (χ1v) is 8.04. The van der Waals surface area contributed by atoms with E-state index < -0.39 is 0 Å². The maximum absolute atomic E-state index is 11.3. The summed E-state index contributed by atoms with van der Waals surface area (Å²) in [6.45, 7) is 5.70. The van der Waals surface area contributed by atoms with E-state index in [1.807, 2.05) is 18.2 Å². The largest absolute Gasteiger partial charge is 0.490 e. The summed E-state index contributed by atoms with van der Waals surface area (Å²) in [5, 5.41) is 0. The van der Waals surface area contributed by atoms with Gasteiger partial charge in [0, 0.05) is 18.4 Å². The molecule has 1 aromatic rings. The van der Waals surface area contributed by atoms with Crippen LogP contribution in [0.5, 0.6) is 5.75 Å². The van der Waals surface area contributed by atoms with Crippen molar-refractivity contribution in [3.63, 3.8) is 0 Å². The summed E-state index contributed by atoms with van der Waals surface area (Å²) in [7, 11) is 0. The van der Waals surface area contributed by atoms with Gasteiger partial charge in [-0.05, 0) is 38.7 Å². The average Bonchev–Trinajstić information content (AvgIpc) is 2.48. The van der Waals surface area contributed by atoms with Crippen LogP contribution in [0.1, 0.15) is 64.4 Å². The van der Waals surface area contributed by atoms with Gasteiger partial charge in [0.05, 0.1) is 6.10 Å². The van der Waals surface area contributed by atoms with Gasteiger partial charge in [-0.3, -0.25) is 4.79 Å². The highest BCUT2D eigenvalue weighted by Gasteiger charge is 2.31. The third-order valence-corrected chi connectivity index (χ3v) is 4.24. The lowest BCUT2D eigenvalue weighted by molar-refractivity contribution is -0.148. The Balaban J connectivity index is 2.23. The molecule has 3 heteroatoms. The first-order chi connectivity index (χ1) is 10.1. The molecule has 0 saturated heterocycles. The number of carbonyl (C=O) groups is 1. The smallest absolute Gasteiger partial charge is 0.302 e. The molecule has 3 nitrogen and oxygen atoms in total. The molecule has 0 aliphatic heterocycles. The molecule has 1 saturated carbocycles. The third-order valence-electron chi connectivity index (χ3n) is 4.24. The summed E-state index contributed by atoms with van der Waals surface area (Å²) in [5.74, 6) is 1.01. The minimum atomic E-state index is -0.188. The number of carbonyl (C=O) groups excluding carboxylic acids is 1. The molecule has 1 aliphatic carbocycles. The van der Waals surface area contributed by atoms with Crippen LogP contribution in [0.15, 0.2) is 24.3 Å². The van der Waals surface area contributed by atoms with E-state index in [-0.39, 0.29) is 24.1 Å². The molecule has 1 fully saturated rings. The first-order valence-electron chi connectivity index (χ1n) is 8.04. The Morgan fingerprint density at radius 1 is 1.29 bits per heavy atom. The van der Waals surface area contributed by atoms with Crippen molar-refractivity contribution in [1.82, 2.24) is 0 Å². The molecule has 2 rings (SSSR count). The van der Waals surface area contributed by atoms with Gasteiger partial charge in [0.25, 0.3) is 0 Å². The van der Waals surface area contributed by atoms with E-state index in [1.54, 1.807) is 0 Å². The van der Waals surface area contributed by atoms with E-state index in [9.17, 15) is 4.79 Å². The Morgan fingerprint density at radius 3 is 2.71 bits per heavy atom. The summed E-state index contributed by atoms with van der Waals surface area (Å²) in [4.78, 5) is 11.3. The van der Waals surface area contributed by atoms with Gasteiger partial charge in [-0.15, -0.1) is 0 Å². The van der Waals surface area contributed by atoms with Gasteiger partial charge in [-0.25, -0.2) is 0 Å². The average molecular weight is 290 g/mol. The molecular weight excluding hydrogens is 264 g/mol. The van der Waals surface area contributed by atoms with Crippen LogP contribution in [0, 0.1) is 0 Å². The van der Waals surface area contributed by atoms with Crippen LogP contribution in [0.2, 0.25) is 0 Å². The van der Waals surface area contributed by atoms with E-state index in [1.165, 1.54) is 18.9 Å². The first kappa shape index (κ1) is 15.9. The van der Waals surface area contributed by atoms with Gasteiger partial charge in [0.1, 0.15) is 11.9 Å². The van der Waals surface area contributed by atoms with Crippen LogP contribution in [0.3, 0.4) is 0 Å². The van der Waals surface area contributed by atoms with E-state index in [4.69, 9.17) is 9.47 Å². The predicted octanol–water partition coefficient (Wildman–Crippen LogP) is 4.45. The highest BCUT2D eigenvalue weighted by molar-refractivity contribution is 5.66. The van der Waals surface area contributed by atoms with E-state index >= 15 is 0 Å². The van der Waals surface area contributed by atoms with Gasteiger partial charge < -0.3 is 9.47 Å². The van der Waals surface area contributed by atoms with Crippen LogP contribution in [0.25, 0.3) is 0 Å². The number of hydrogen-bond acceptors (Lipinski definition) is 3.